The van der Waals surface area contributed by atoms with Gasteiger partial charge in [-0.1, -0.05) is 0 Å². The van der Waals surface area contributed by atoms with E-state index in [1.165, 1.54) is 24.3 Å². The number of hydrogen-bond donors (Lipinski definition) is 2. The second-order valence-corrected chi connectivity index (χ2v) is 6.80. The fourth-order valence-corrected chi connectivity index (χ4v) is 2.73. The minimum atomic E-state index is -4.52. The van der Waals surface area contributed by atoms with Gasteiger partial charge in [-0.05, 0) is 49.6 Å². The second kappa shape index (κ2) is 6.87. The molecule has 2 N–H and O–H groups in total. The largest absolute Gasteiger partial charge is 0.385 e. The van der Waals surface area contributed by atoms with E-state index in [1.54, 1.807) is 6.20 Å². The van der Waals surface area contributed by atoms with Gasteiger partial charge < -0.3 is 5.32 Å². The summed E-state index contributed by atoms with van der Waals surface area (Å²) in [5.74, 6) is -3.40. The van der Waals surface area contributed by atoms with Crippen LogP contribution >= 0.6 is 0 Å². The zero-order valence-corrected chi connectivity index (χ0v) is 12.8. The minimum Gasteiger partial charge on any atom is -0.385 e. The maximum absolute atomic E-state index is 12.4. The molecule has 1 aromatic heterocycles. The number of aryl methyl sites for hydroxylation is 2. The monoisotopic (exact) mass is 329 g/mol. The normalized spacial score (nSPS) is 11.8. The Kier molecular flexibility index (Phi) is 5.12. The molecule has 0 aliphatic rings. The Morgan fingerprint density at radius 1 is 1.27 bits per heavy atom. The highest BCUT2D eigenvalue weighted by Crippen LogP contribution is 2.20. The number of anilines is 1. The van der Waals surface area contributed by atoms with Gasteiger partial charge in [-0.3, -0.25) is 5.10 Å². The molecule has 0 radical (unpaired) electrons. The van der Waals surface area contributed by atoms with Crippen molar-refractivity contribution in [2.45, 2.75) is 30.4 Å². The summed E-state index contributed by atoms with van der Waals surface area (Å²) in [6.07, 6.45) is 3.53. The van der Waals surface area contributed by atoms with E-state index in [4.69, 9.17) is 0 Å². The van der Waals surface area contributed by atoms with E-state index < -0.39 is 15.6 Å². The Morgan fingerprint density at radius 2 is 1.95 bits per heavy atom. The molecular weight excluding hydrogens is 312 g/mol. The highest BCUT2D eigenvalue weighted by molar-refractivity contribution is 7.91. The van der Waals surface area contributed by atoms with Crippen LogP contribution in [0, 0.1) is 6.92 Å². The van der Waals surface area contributed by atoms with Gasteiger partial charge in [0.25, 0.3) is 0 Å². The third-order valence-electron chi connectivity index (χ3n) is 3.30. The van der Waals surface area contributed by atoms with Crippen molar-refractivity contribution in [3.63, 3.8) is 0 Å². The molecule has 0 atom stereocenters. The predicted molar refractivity (Wildman–Crippen MR) is 79.8 cm³/mol. The molecule has 2 rings (SSSR count). The first kappa shape index (κ1) is 16.4. The summed E-state index contributed by atoms with van der Waals surface area (Å²) in [4.78, 5) is -0.373. The van der Waals surface area contributed by atoms with E-state index in [-0.39, 0.29) is 4.90 Å². The fraction of sp³-hybridized carbons (Fsp3) is 0.357. The van der Waals surface area contributed by atoms with Gasteiger partial charge in [-0.2, -0.15) is 13.9 Å². The molecule has 0 bridgehead atoms. The lowest BCUT2D eigenvalue weighted by Crippen LogP contribution is -2.11. The maximum atomic E-state index is 12.4. The Labute approximate surface area is 127 Å². The SMILES string of the molecule is Cc1[nH]ncc1CCCNc1ccc(S(=O)(=O)C(F)F)cc1. The number of H-pyrrole nitrogens is 1. The Bertz CT molecular complexity index is 712. The second-order valence-electron chi connectivity index (χ2n) is 4.88. The van der Waals surface area contributed by atoms with Gasteiger partial charge >= 0.3 is 5.76 Å². The summed E-state index contributed by atoms with van der Waals surface area (Å²) in [7, 11) is -4.52. The summed E-state index contributed by atoms with van der Waals surface area (Å²) in [6, 6.07) is 5.34. The molecule has 0 fully saturated rings. The van der Waals surface area contributed by atoms with Crippen molar-refractivity contribution in [1.29, 1.82) is 0 Å². The number of alkyl halides is 2. The van der Waals surface area contributed by atoms with Gasteiger partial charge in [0, 0.05) is 17.9 Å². The molecule has 0 saturated heterocycles. The number of aromatic nitrogens is 2. The first-order chi connectivity index (χ1) is 10.4. The quantitative estimate of drug-likeness (QED) is 0.766. The van der Waals surface area contributed by atoms with E-state index in [1.807, 2.05) is 6.92 Å². The number of halogens is 2. The maximum Gasteiger partial charge on any atom is 0.341 e. The van der Waals surface area contributed by atoms with Crippen LogP contribution < -0.4 is 5.32 Å². The Hall–Kier alpha value is -1.96. The molecular formula is C14H17F2N3O2S. The van der Waals surface area contributed by atoms with E-state index in [2.05, 4.69) is 15.5 Å². The molecule has 5 nitrogen and oxygen atoms in total. The van der Waals surface area contributed by atoms with Crippen LogP contribution in [0.2, 0.25) is 0 Å². The summed E-state index contributed by atoms with van der Waals surface area (Å²) in [6.45, 7) is 2.64. The number of hydrogen-bond acceptors (Lipinski definition) is 4. The lowest BCUT2D eigenvalue weighted by molar-refractivity contribution is 0.234. The average Bonchev–Trinajstić information content (AvgIpc) is 2.89. The van der Waals surface area contributed by atoms with E-state index in [0.717, 1.165) is 24.1 Å². The van der Waals surface area contributed by atoms with Gasteiger partial charge in [-0.15, -0.1) is 0 Å². The van der Waals surface area contributed by atoms with Gasteiger partial charge in [0.1, 0.15) is 0 Å². The topological polar surface area (TPSA) is 74.8 Å². The van der Waals surface area contributed by atoms with Crippen molar-refractivity contribution in [3.05, 3.63) is 41.7 Å². The molecule has 0 spiro atoms. The van der Waals surface area contributed by atoms with Crippen molar-refractivity contribution < 1.29 is 17.2 Å². The van der Waals surface area contributed by atoms with Crippen molar-refractivity contribution in [3.8, 4) is 0 Å². The van der Waals surface area contributed by atoms with Gasteiger partial charge in [0.2, 0.25) is 9.84 Å². The molecule has 0 aliphatic carbocycles. The highest BCUT2D eigenvalue weighted by atomic mass is 32.2. The lowest BCUT2D eigenvalue weighted by atomic mass is 10.1. The zero-order valence-electron chi connectivity index (χ0n) is 12.0. The highest BCUT2D eigenvalue weighted by Gasteiger charge is 2.26. The third-order valence-corrected chi connectivity index (χ3v) is 4.70. The van der Waals surface area contributed by atoms with Crippen LogP contribution in [0.25, 0.3) is 0 Å². The minimum absolute atomic E-state index is 0.373. The van der Waals surface area contributed by atoms with Gasteiger partial charge in [0.05, 0.1) is 11.1 Å². The molecule has 0 saturated carbocycles. The van der Waals surface area contributed by atoms with E-state index in [0.29, 0.717) is 12.2 Å². The van der Waals surface area contributed by atoms with Crippen LogP contribution in [0.1, 0.15) is 17.7 Å². The fourth-order valence-electron chi connectivity index (χ4n) is 2.00. The smallest absolute Gasteiger partial charge is 0.341 e. The van der Waals surface area contributed by atoms with Crippen LogP contribution in [-0.2, 0) is 16.3 Å². The molecule has 0 unspecified atom stereocenters. The number of benzene rings is 1. The molecule has 0 amide bonds. The lowest BCUT2D eigenvalue weighted by Gasteiger charge is -2.08. The first-order valence-corrected chi connectivity index (χ1v) is 8.30. The van der Waals surface area contributed by atoms with Crippen LogP contribution in [0.3, 0.4) is 0 Å². The predicted octanol–water partition coefficient (Wildman–Crippen LogP) is 2.76. The molecule has 22 heavy (non-hydrogen) atoms. The van der Waals surface area contributed by atoms with Crippen molar-refractivity contribution >= 4 is 15.5 Å². The number of rotatable bonds is 7. The molecule has 120 valence electrons. The number of aromatic amines is 1. The van der Waals surface area contributed by atoms with Crippen molar-refractivity contribution in [1.82, 2.24) is 10.2 Å². The van der Waals surface area contributed by atoms with Crippen LogP contribution in [0.4, 0.5) is 14.5 Å². The summed E-state index contributed by atoms with van der Waals surface area (Å²) in [5.41, 5.74) is 2.89. The van der Waals surface area contributed by atoms with Crippen LogP contribution in [0.5, 0.6) is 0 Å². The van der Waals surface area contributed by atoms with Crippen LogP contribution in [-0.4, -0.2) is 30.9 Å². The van der Waals surface area contributed by atoms with Gasteiger partial charge in [0.15, 0.2) is 0 Å². The zero-order chi connectivity index (χ0) is 16.2. The molecule has 2 aromatic rings. The average molecular weight is 329 g/mol. The molecule has 1 aromatic carbocycles. The number of nitrogens with zero attached hydrogens (tertiary/aromatic N) is 1. The van der Waals surface area contributed by atoms with E-state index in [9.17, 15) is 17.2 Å². The number of nitrogens with one attached hydrogen (secondary N) is 2. The van der Waals surface area contributed by atoms with Crippen LogP contribution in [0.15, 0.2) is 35.4 Å². The van der Waals surface area contributed by atoms with Crippen molar-refractivity contribution in [2.75, 3.05) is 11.9 Å². The molecule has 0 aliphatic heterocycles. The first-order valence-electron chi connectivity index (χ1n) is 6.76. The van der Waals surface area contributed by atoms with Gasteiger partial charge in [-0.25, -0.2) is 8.42 Å². The summed E-state index contributed by atoms with van der Waals surface area (Å²) < 4.78 is 47.4. The standard InChI is InChI=1S/C14H17F2N3O2S/c1-10-11(9-18-19-10)3-2-8-17-12-4-6-13(7-5-12)22(20,21)14(15)16/h4-7,9,14,17H,2-3,8H2,1H3,(H,18,19). The Morgan fingerprint density at radius 3 is 2.50 bits per heavy atom. The number of sulfone groups is 1. The third kappa shape index (κ3) is 3.82. The molecule has 8 heteroatoms. The van der Waals surface area contributed by atoms with Crippen molar-refractivity contribution in [2.24, 2.45) is 0 Å². The Balaban J connectivity index is 1.86. The molecule has 1 heterocycles. The summed E-state index contributed by atoms with van der Waals surface area (Å²) >= 11 is 0. The summed E-state index contributed by atoms with van der Waals surface area (Å²) in [5, 5.41) is 9.93. The van der Waals surface area contributed by atoms with E-state index >= 15 is 0 Å².